The van der Waals surface area contributed by atoms with Gasteiger partial charge in [-0.25, -0.2) is 0 Å². The van der Waals surface area contributed by atoms with Gasteiger partial charge in [0.25, 0.3) is 0 Å². The van der Waals surface area contributed by atoms with Gasteiger partial charge in [0.05, 0.1) is 0 Å². The molecule has 1 rings (SSSR count). The first-order valence-electron chi connectivity index (χ1n) is 8.16. The van der Waals surface area contributed by atoms with E-state index in [1.165, 1.54) is 11.3 Å². The Hall–Kier alpha value is -1.07. The van der Waals surface area contributed by atoms with Gasteiger partial charge in [0.1, 0.15) is 0 Å². The molecule has 2 N–H and O–H groups in total. The fourth-order valence-corrected chi connectivity index (χ4v) is 2.86. The summed E-state index contributed by atoms with van der Waals surface area (Å²) in [6.45, 7) is 10.1. The fourth-order valence-electron chi connectivity index (χ4n) is 2.01. The molecule has 0 spiro atoms. The molecule has 0 aliphatic rings. The number of ether oxygens (including phenoxy) is 1. The van der Waals surface area contributed by atoms with Gasteiger partial charge in [0.15, 0.2) is 5.96 Å². The average Bonchev–Trinajstić information content (AvgIpc) is 3.04. The molecule has 5 heteroatoms. The average molecular weight is 326 g/mol. The monoisotopic (exact) mass is 325 g/mol. The normalized spacial score (nSPS) is 12.5. The van der Waals surface area contributed by atoms with Gasteiger partial charge in [0, 0.05) is 43.6 Å². The molecule has 0 radical (unpaired) electrons. The van der Waals surface area contributed by atoms with Crippen LogP contribution in [0.25, 0.3) is 0 Å². The first-order valence-corrected chi connectivity index (χ1v) is 9.04. The van der Waals surface area contributed by atoms with E-state index in [1.807, 2.05) is 7.05 Å². The predicted molar refractivity (Wildman–Crippen MR) is 97.1 cm³/mol. The number of thiophene rings is 1. The minimum absolute atomic E-state index is 0.106. The van der Waals surface area contributed by atoms with Crippen LogP contribution in [0.15, 0.2) is 22.5 Å². The molecule has 4 nitrogen and oxygen atoms in total. The lowest BCUT2D eigenvalue weighted by Gasteiger charge is -2.25. The van der Waals surface area contributed by atoms with Gasteiger partial charge >= 0.3 is 0 Å². The van der Waals surface area contributed by atoms with E-state index in [1.54, 1.807) is 11.3 Å². The first-order chi connectivity index (χ1) is 10.6. The maximum Gasteiger partial charge on any atom is 0.191 e. The van der Waals surface area contributed by atoms with Gasteiger partial charge in [-0.1, -0.05) is 33.3 Å². The number of hydrogen-bond acceptors (Lipinski definition) is 3. The number of hydrogen-bond donors (Lipinski definition) is 2. The Morgan fingerprint density at radius 1 is 1.27 bits per heavy atom. The van der Waals surface area contributed by atoms with Crippen LogP contribution in [0.1, 0.15) is 44.9 Å². The highest BCUT2D eigenvalue weighted by molar-refractivity contribution is 7.10. The zero-order valence-corrected chi connectivity index (χ0v) is 15.3. The third-order valence-corrected chi connectivity index (χ3v) is 4.75. The Morgan fingerprint density at radius 2 is 2.05 bits per heavy atom. The summed E-state index contributed by atoms with van der Waals surface area (Å²) in [6, 6.07) is 4.30. The number of nitrogens with one attached hydrogen (secondary N) is 2. The molecule has 0 saturated heterocycles. The van der Waals surface area contributed by atoms with Crippen LogP contribution in [-0.4, -0.2) is 39.3 Å². The molecule has 22 heavy (non-hydrogen) atoms. The molecule has 0 unspecified atom stereocenters. The lowest BCUT2D eigenvalue weighted by molar-refractivity contribution is 0.129. The summed E-state index contributed by atoms with van der Waals surface area (Å²) in [5.74, 6) is 0.859. The van der Waals surface area contributed by atoms with Crippen molar-refractivity contribution in [1.29, 1.82) is 0 Å². The predicted octanol–water partition coefficient (Wildman–Crippen LogP) is 3.40. The fraction of sp³-hybridized carbons (Fsp3) is 0.706. The Bertz CT molecular complexity index is 416. The number of nitrogens with zero attached hydrogens (tertiary/aromatic N) is 1. The smallest absolute Gasteiger partial charge is 0.191 e. The first kappa shape index (κ1) is 19.0. The van der Waals surface area contributed by atoms with E-state index in [-0.39, 0.29) is 5.41 Å². The van der Waals surface area contributed by atoms with E-state index in [0.29, 0.717) is 0 Å². The molecule has 0 atom stereocenters. The Kier molecular flexibility index (Phi) is 9.16. The number of guanidine groups is 1. The maximum absolute atomic E-state index is 5.55. The zero-order valence-electron chi connectivity index (χ0n) is 14.4. The van der Waals surface area contributed by atoms with Crippen LogP contribution >= 0.6 is 11.3 Å². The molecule has 0 aliphatic heterocycles. The summed E-state index contributed by atoms with van der Waals surface area (Å²) >= 11 is 1.80. The molecule has 0 bridgehead atoms. The van der Waals surface area contributed by atoms with Crippen molar-refractivity contribution in [3.8, 4) is 0 Å². The summed E-state index contributed by atoms with van der Waals surface area (Å²) < 4.78 is 5.55. The van der Waals surface area contributed by atoms with Crippen LogP contribution < -0.4 is 10.6 Å². The molecule has 0 aromatic carbocycles. The molecule has 1 aromatic rings. The lowest BCUT2D eigenvalue weighted by Crippen LogP contribution is -2.43. The van der Waals surface area contributed by atoms with Crippen molar-refractivity contribution in [2.75, 3.05) is 33.4 Å². The van der Waals surface area contributed by atoms with Gasteiger partial charge in [-0.15, -0.1) is 11.3 Å². The van der Waals surface area contributed by atoms with E-state index in [2.05, 4.69) is 53.9 Å². The van der Waals surface area contributed by atoms with Crippen LogP contribution in [0, 0.1) is 0 Å². The molecule has 0 fully saturated rings. The molecule has 1 aromatic heterocycles. The van der Waals surface area contributed by atoms with Crippen molar-refractivity contribution in [2.45, 2.75) is 45.4 Å². The van der Waals surface area contributed by atoms with E-state index in [4.69, 9.17) is 4.74 Å². The second-order valence-electron chi connectivity index (χ2n) is 6.03. The van der Waals surface area contributed by atoms with Crippen LogP contribution in [0.2, 0.25) is 0 Å². The largest absolute Gasteiger partial charge is 0.381 e. The molecule has 126 valence electrons. The highest BCUT2D eigenvalue weighted by Gasteiger charge is 2.21. The van der Waals surface area contributed by atoms with Crippen LogP contribution in [-0.2, 0) is 10.2 Å². The maximum atomic E-state index is 5.55. The van der Waals surface area contributed by atoms with Gasteiger partial charge in [0.2, 0.25) is 0 Å². The Balaban J connectivity index is 2.20. The van der Waals surface area contributed by atoms with Crippen molar-refractivity contribution >= 4 is 17.3 Å². The van der Waals surface area contributed by atoms with Gasteiger partial charge in [-0.2, -0.15) is 0 Å². The molecular formula is C17H31N3OS. The SMILES string of the molecule is CCCCOCCCNC(=NC)NCC(C)(C)c1cccs1. The van der Waals surface area contributed by atoms with E-state index < -0.39 is 0 Å². The van der Waals surface area contributed by atoms with Crippen molar-refractivity contribution in [1.82, 2.24) is 10.6 Å². The van der Waals surface area contributed by atoms with Crippen LogP contribution in [0.4, 0.5) is 0 Å². The molecule has 0 amide bonds. The number of unbranched alkanes of at least 4 members (excludes halogenated alkanes) is 1. The second-order valence-corrected chi connectivity index (χ2v) is 6.98. The third-order valence-electron chi connectivity index (χ3n) is 3.51. The van der Waals surface area contributed by atoms with Crippen molar-refractivity contribution in [2.24, 2.45) is 4.99 Å². The van der Waals surface area contributed by atoms with E-state index >= 15 is 0 Å². The van der Waals surface area contributed by atoms with Crippen molar-refractivity contribution < 1.29 is 4.74 Å². The van der Waals surface area contributed by atoms with Gasteiger partial charge in [-0.3, -0.25) is 4.99 Å². The summed E-state index contributed by atoms with van der Waals surface area (Å²) in [6.07, 6.45) is 3.34. The Morgan fingerprint density at radius 3 is 2.68 bits per heavy atom. The Labute approximate surface area is 139 Å². The van der Waals surface area contributed by atoms with Crippen LogP contribution in [0.3, 0.4) is 0 Å². The van der Waals surface area contributed by atoms with Crippen LogP contribution in [0.5, 0.6) is 0 Å². The van der Waals surface area contributed by atoms with Crippen molar-refractivity contribution in [3.63, 3.8) is 0 Å². The van der Waals surface area contributed by atoms with Crippen molar-refractivity contribution in [3.05, 3.63) is 22.4 Å². The number of aliphatic imine (C=N–C) groups is 1. The summed E-state index contributed by atoms with van der Waals surface area (Å²) in [5.41, 5.74) is 0.106. The topological polar surface area (TPSA) is 45.6 Å². The van der Waals surface area contributed by atoms with E-state index in [9.17, 15) is 0 Å². The highest BCUT2D eigenvalue weighted by Crippen LogP contribution is 2.26. The molecule has 1 heterocycles. The summed E-state index contributed by atoms with van der Waals surface area (Å²) in [7, 11) is 1.81. The zero-order chi connectivity index (χ0) is 16.3. The third kappa shape index (κ3) is 7.27. The minimum atomic E-state index is 0.106. The quantitative estimate of drug-likeness (QED) is 0.394. The number of rotatable bonds is 10. The minimum Gasteiger partial charge on any atom is -0.381 e. The molecular weight excluding hydrogens is 294 g/mol. The standard InChI is InChI=1S/C17H31N3OS/c1-5-6-11-21-12-8-10-19-16(18-4)20-14-17(2,3)15-9-7-13-22-15/h7,9,13H,5-6,8,10-12,14H2,1-4H3,(H2,18,19,20). The summed E-state index contributed by atoms with van der Waals surface area (Å²) in [4.78, 5) is 5.67. The van der Waals surface area contributed by atoms with Gasteiger partial charge < -0.3 is 15.4 Å². The molecule has 0 saturated carbocycles. The van der Waals surface area contributed by atoms with Gasteiger partial charge in [-0.05, 0) is 24.3 Å². The molecule has 0 aliphatic carbocycles. The highest BCUT2D eigenvalue weighted by atomic mass is 32.1. The lowest BCUT2D eigenvalue weighted by atomic mass is 9.91. The van der Waals surface area contributed by atoms with E-state index in [0.717, 1.165) is 45.1 Å². The second kappa shape index (κ2) is 10.6. The summed E-state index contributed by atoms with van der Waals surface area (Å²) in [5, 5.41) is 8.88.